The summed E-state index contributed by atoms with van der Waals surface area (Å²) in [6.45, 7) is 0. The van der Waals surface area contributed by atoms with Crippen LogP contribution in [-0.4, -0.2) is 9.78 Å². The van der Waals surface area contributed by atoms with Crippen LogP contribution in [0.5, 0.6) is 0 Å². The number of halogens is 2. The van der Waals surface area contributed by atoms with Crippen molar-refractivity contribution in [2.45, 2.75) is 0 Å². The molecule has 2 nitrogen and oxygen atoms in total. The number of rotatable bonds is 0. The van der Waals surface area contributed by atoms with Gasteiger partial charge in [-0.05, 0) is 22.6 Å². The molecule has 0 aliphatic carbocycles. The van der Waals surface area contributed by atoms with Gasteiger partial charge >= 0.3 is 0 Å². The number of nitrogens with zero attached hydrogens (tertiary/aromatic N) is 2. The minimum atomic E-state index is -0.256. The molecule has 1 heterocycles. The van der Waals surface area contributed by atoms with E-state index in [0.717, 1.165) is 0 Å². The summed E-state index contributed by atoms with van der Waals surface area (Å²) in [4.78, 5) is 0. The SMILES string of the molecule is Cn1cc(F)c(I)n1. The van der Waals surface area contributed by atoms with E-state index in [-0.39, 0.29) is 5.82 Å². The van der Waals surface area contributed by atoms with Gasteiger partial charge in [-0.25, -0.2) is 4.39 Å². The van der Waals surface area contributed by atoms with Gasteiger partial charge in [0.2, 0.25) is 0 Å². The quantitative estimate of drug-likeness (QED) is 0.607. The highest BCUT2D eigenvalue weighted by Gasteiger charge is 1.99. The second kappa shape index (κ2) is 2.00. The summed E-state index contributed by atoms with van der Waals surface area (Å²) in [6.07, 6.45) is 1.34. The van der Waals surface area contributed by atoms with Gasteiger partial charge in [-0.15, -0.1) is 0 Å². The Labute approximate surface area is 59.8 Å². The maximum Gasteiger partial charge on any atom is 0.174 e. The lowest BCUT2D eigenvalue weighted by atomic mass is 10.7. The highest BCUT2D eigenvalue weighted by molar-refractivity contribution is 14.1. The number of hydrogen-bond acceptors (Lipinski definition) is 1. The normalized spacial score (nSPS) is 9.88. The fraction of sp³-hybridized carbons (Fsp3) is 0.250. The van der Waals surface area contributed by atoms with Gasteiger partial charge in [0.1, 0.15) is 0 Å². The Morgan fingerprint density at radius 1 is 1.88 bits per heavy atom. The van der Waals surface area contributed by atoms with E-state index in [1.54, 1.807) is 7.05 Å². The fourth-order valence-corrected chi connectivity index (χ4v) is 0.912. The smallest absolute Gasteiger partial charge is 0.174 e. The molecule has 0 atom stereocenters. The van der Waals surface area contributed by atoms with E-state index in [9.17, 15) is 4.39 Å². The monoisotopic (exact) mass is 226 g/mol. The molecule has 0 fully saturated rings. The minimum Gasteiger partial charge on any atom is -0.272 e. The molecule has 1 aromatic rings. The van der Waals surface area contributed by atoms with E-state index in [0.29, 0.717) is 3.70 Å². The van der Waals surface area contributed by atoms with Crippen LogP contribution in [0.25, 0.3) is 0 Å². The lowest BCUT2D eigenvalue weighted by Crippen LogP contribution is -1.85. The molecule has 0 bridgehead atoms. The molecular weight excluding hydrogens is 222 g/mol. The lowest BCUT2D eigenvalue weighted by molar-refractivity contribution is 0.619. The Morgan fingerprint density at radius 3 is 2.62 bits per heavy atom. The summed E-state index contributed by atoms with van der Waals surface area (Å²) >= 11 is 1.84. The van der Waals surface area contributed by atoms with Crippen LogP contribution >= 0.6 is 22.6 Å². The van der Waals surface area contributed by atoms with Crippen LogP contribution in [0.1, 0.15) is 0 Å². The van der Waals surface area contributed by atoms with Crippen molar-refractivity contribution in [2.75, 3.05) is 0 Å². The molecule has 0 aromatic carbocycles. The second-order valence-corrected chi connectivity index (χ2v) is 2.46. The molecule has 0 unspecified atom stereocenters. The van der Waals surface area contributed by atoms with Crippen LogP contribution in [0.2, 0.25) is 0 Å². The predicted molar refractivity (Wildman–Crippen MR) is 35.9 cm³/mol. The van der Waals surface area contributed by atoms with Crippen molar-refractivity contribution in [1.29, 1.82) is 0 Å². The van der Waals surface area contributed by atoms with Crippen LogP contribution in [0.4, 0.5) is 4.39 Å². The number of aryl methyl sites for hydroxylation is 1. The Hall–Kier alpha value is -0.130. The van der Waals surface area contributed by atoms with E-state index in [1.165, 1.54) is 10.9 Å². The van der Waals surface area contributed by atoms with E-state index in [1.807, 2.05) is 22.6 Å². The largest absolute Gasteiger partial charge is 0.272 e. The topological polar surface area (TPSA) is 17.8 Å². The molecule has 8 heavy (non-hydrogen) atoms. The van der Waals surface area contributed by atoms with Crippen LogP contribution in [-0.2, 0) is 7.05 Å². The van der Waals surface area contributed by atoms with E-state index in [4.69, 9.17) is 0 Å². The fourth-order valence-electron chi connectivity index (χ4n) is 0.432. The van der Waals surface area contributed by atoms with Gasteiger partial charge in [-0.1, -0.05) is 0 Å². The summed E-state index contributed by atoms with van der Waals surface area (Å²) in [7, 11) is 1.69. The molecule has 0 amide bonds. The highest BCUT2D eigenvalue weighted by Crippen LogP contribution is 2.04. The van der Waals surface area contributed by atoms with E-state index >= 15 is 0 Å². The first-order valence-electron chi connectivity index (χ1n) is 2.05. The average molecular weight is 226 g/mol. The molecule has 1 rings (SSSR count). The molecular formula is C4H4FIN2. The van der Waals surface area contributed by atoms with E-state index < -0.39 is 0 Å². The van der Waals surface area contributed by atoms with Gasteiger partial charge in [-0.2, -0.15) is 5.10 Å². The molecule has 0 N–H and O–H groups in total. The maximum absolute atomic E-state index is 12.2. The van der Waals surface area contributed by atoms with Gasteiger partial charge in [0.05, 0.1) is 6.20 Å². The van der Waals surface area contributed by atoms with Gasteiger partial charge in [0, 0.05) is 7.05 Å². The minimum absolute atomic E-state index is 0.256. The Kier molecular flexibility index (Phi) is 1.50. The van der Waals surface area contributed by atoms with Crippen LogP contribution < -0.4 is 0 Å². The summed E-state index contributed by atoms with van der Waals surface area (Å²) < 4.78 is 14.1. The predicted octanol–water partition coefficient (Wildman–Crippen LogP) is 1.16. The third-order valence-corrected chi connectivity index (χ3v) is 1.47. The van der Waals surface area contributed by atoms with Crippen molar-refractivity contribution in [1.82, 2.24) is 9.78 Å². The number of hydrogen-bond donors (Lipinski definition) is 0. The summed E-state index contributed by atoms with van der Waals surface area (Å²) in [5, 5.41) is 3.74. The van der Waals surface area contributed by atoms with Gasteiger partial charge in [0.15, 0.2) is 9.52 Å². The van der Waals surface area contributed by atoms with Gasteiger partial charge in [0.25, 0.3) is 0 Å². The maximum atomic E-state index is 12.2. The van der Waals surface area contributed by atoms with Crippen molar-refractivity contribution in [3.05, 3.63) is 15.7 Å². The average Bonchev–Trinajstić information content (AvgIpc) is 1.85. The second-order valence-electron chi connectivity index (χ2n) is 1.44. The van der Waals surface area contributed by atoms with Crippen LogP contribution in [0.3, 0.4) is 0 Å². The first kappa shape index (κ1) is 6.00. The third-order valence-electron chi connectivity index (χ3n) is 0.743. The Morgan fingerprint density at radius 2 is 2.50 bits per heavy atom. The zero-order valence-corrected chi connectivity index (χ0v) is 6.39. The standard InChI is InChI=1S/C4H4FIN2/c1-8-2-3(5)4(6)7-8/h2H,1H3. The Bertz CT molecular complexity index is 176. The molecule has 0 saturated heterocycles. The van der Waals surface area contributed by atoms with Crippen LogP contribution in [0.15, 0.2) is 6.20 Å². The highest BCUT2D eigenvalue weighted by atomic mass is 127. The summed E-state index contributed by atoms with van der Waals surface area (Å²) in [5.41, 5.74) is 0. The summed E-state index contributed by atoms with van der Waals surface area (Å²) in [5.74, 6) is -0.256. The van der Waals surface area contributed by atoms with E-state index in [2.05, 4.69) is 5.10 Å². The molecule has 0 radical (unpaired) electrons. The molecule has 1 aromatic heterocycles. The number of aromatic nitrogens is 2. The lowest BCUT2D eigenvalue weighted by Gasteiger charge is -1.78. The van der Waals surface area contributed by atoms with Gasteiger partial charge < -0.3 is 0 Å². The van der Waals surface area contributed by atoms with Crippen molar-refractivity contribution >= 4 is 22.6 Å². The van der Waals surface area contributed by atoms with Crippen molar-refractivity contribution in [3.63, 3.8) is 0 Å². The van der Waals surface area contributed by atoms with Crippen molar-refractivity contribution < 1.29 is 4.39 Å². The molecule has 4 heteroatoms. The first-order chi connectivity index (χ1) is 3.70. The summed E-state index contributed by atoms with van der Waals surface area (Å²) in [6, 6.07) is 0. The zero-order chi connectivity index (χ0) is 6.15. The van der Waals surface area contributed by atoms with Crippen LogP contribution in [0, 0.1) is 9.52 Å². The first-order valence-corrected chi connectivity index (χ1v) is 3.12. The zero-order valence-electron chi connectivity index (χ0n) is 4.23. The molecule has 0 spiro atoms. The molecule has 44 valence electrons. The van der Waals surface area contributed by atoms with Crippen molar-refractivity contribution in [3.8, 4) is 0 Å². The Balaban J connectivity index is 3.14. The molecule has 0 aliphatic rings. The molecule has 0 saturated carbocycles. The molecule has 0 aliphatic heterocycles. The van der Waals surface area contributed by atoms with Crippen molar-refractivity contribution in [2.24, 2.45) is 7.05 Å². The third kappa shape index (κ3) is 0.988. The van der Waals surface area contributed by atoms with Gasteiger partial charge in [-0.3, -0.25) is 4.68 Å².